The Kier molecular flexibility index (Phi) is 5.16. The zero-order valence-corrected chi connectivity index (χ0v) is 11.7. The van der Waals surface area contributed by atoms with E-state index in [1.54, 1.807) is 24.3 Å². The zero-order chi connectivity index (χ0) is 14.4. The molecule has 0 aliphatic heterocycles. The van der Waals surface area contributed by atoms with Crippen LogP contribution in [0.15, 0.2) is 54.6 Å². The van der Waals surface area contributed by atoms with Crippen LogP contribution in [-0.4, -0.2) is 17.6 Å². The highest BCUT2D eigenvalue weighted by Crippen LogP contribution is 2.16. The molecular weight excluding hydrogens is 274 g/mol. The molecule has 0 aromatic heterocycles. The molecular formula is C16H16ClNO2. The van der Waals surface area contributed by atoms with Crippen molar-refractivity contribution in [3.05, 3.63) is 70.7 Å². The summed E-state index contributed by atoms with van der Waals surface area (Å²) in [6.07, 6.45) is -0.122. The number of aliphatic hydroxyl groups excluding tert-OH is 1. The van der Waals surface area contributed by atoms with Gasteiger partial charge in [-0.1, -0.05) is 54.1 Å². The number of nitrogens with one attached hydrogen (secondary N) is 1. The maximum absolute atomic E-state index is 11.9. The van der Waals surface area contributed by atoms with Crippen LogP contribution in [0.25, 0.3) is 0 Å². The first kappa shape index (κ1) is 14.6. The van der Waals surface area contributed by atoms with Crippen LogP contribution in [0, 0.1) is 0 Å². The maximum Gasteiger partial charge on any atom is 0.252 e. The summed E-state index contributed by atoms with van der Waals surface area (Å²) in [6.45, 7) is 0.389. The van der Waals surface area contributed by atoms with Crippen molar-refractivity contribution in [1.82, 2.24) is 5.32 Å². The second kappa shape index (κ2) is 7.08. The average Bonchev–Trinajstić information content (AvgIpc) is 2.48. The van der Waals surface area contributed by atoms with E-state index in [-0.39, 0.29) is 5.91 Å². The molecule has 2 N–H and O–H groups in total. The fourth-order valence-corrected chi connectivity index (χ4v) is 2.13. The average molecular weight is 290 g/mol. The van der Waals surface area contributed by atoms with Gasteiger partial charge < -0.3 is 10.4 Å². The van der Waals surface area contributed by atoms with E-state index >= 15 is 0 Å². The molecule has 2 aromatic rings. The standard InChI is InChI=1S/C16H16ClNO2/c17-14-9-5-4-8-13(14)16(20)18-11-10-15(19)12-6-2-1-3-7-12/h1-9,15,19H,10-11H2,(H,18,20). The third kappa shape index (κ3) is 3.83. The Bertz CT molecular complexity index is 572. The molecule has 1 atom stereocenters. The van der Waals surface area contributed by atoms with Crippen molar-refractivity contribution < 1.29 is 9.90 Å². The van der Waals surface area contributed by atoms with Crippen molar-refractivity contribution in [3.8, 4) is 0 Å². The normalized spacial score (nSPS) is 11.9. The molecule has 1 amide bonds. The highest BCUT2D eigenvalue weighted by molar-refractivity contribution is 6.33. The van der Waals surface area contributed by atoms with Crippen LogP contribution in [-0.2, 0) is 0 Å². The summed E-state index contributed by atoms with van der Waals surface area (Å²) in [4.78, 5) is 11.9. The van der Waals surface area contributed by atoms with Gasteiger partial charge in [-0.25, -0.2) is 0 Å². The third-order valence-corrected chi connectivity index (χ3v) is 3.34. The van der Waals surface area contributed by atoms with E-state index < -0.39 is 6.10 Å². The Hall–Kier alpha value is -1.84. The molecule has 20 heavy (non-hydrogen) atoms. The fourth-order valence-electron chi connectivity index (χ4n) is 1.90. The van der Waals surface area contributed by atoms with E-state index in [0.29, 0.717) is 23.6 Å². The van der Waals surface area contributed by atoms with Crippen molar-refractivity contribution in [3.63, 3.8) is 0 Å². The van der Waals surface area contributed by atoms with E-state index in [1.807, 2.05) is 30.3 Å². The number of aliphatic hydroxyl groups is 1. The van der Waals surface area contributed by atoms with Gasteiger partial charge in [0.15, 0.2) is 0 Å². The van der Waals surface area contributed by atoms with Crippen LogP contribution in [0.3, 0.4) is 0 Å². The van der Waals surface area contributed by atoms with Gasteiger partial charge in [0.25, 0.3) is 5.91 Å². The lowest BCUT2D eigenvalue weighted by molar-refractivity contribution is 0.0943. The van der Waals surface area contributed by atoms with Gasteiger partial charge in [0.05, 0.1) is 16.7 Å². The Morgan fingerprint density at radius 1 is 1.10 bits per heavy atom. The van der Waals surface area contributed by atoms with E-state index in [4.69, 9.17) is 11.6 Å². The molecule has 0 aliphatic rings. The van der Waals surface area contributed by atoms with Gasteiger partial charge in [0, 0.05) is 6.54 Å². The molecule has 0 bridgehead atoms. The summed E-state index contributed by atoms with van der Waals surface area (Å²) in [7, 11) is 0. The number of hydrogen-bond donors (Lipinski definition) is 2. The molecule has 0 heterocycles. The third-order valence-electron chi connectivity index (χ3n) is 3.01. The van der Waals surface area contributed by atoms with Crippen molar-refractivity contribution in [2.24, 2.45) is 0 Å². The first-order valence-electron chi connectivity index (χ1n) is 6.44. The van der Waals surface area contributed by atoms with E-state index in [2.05, 4.69) is 5.32 Å². The summed E-state index contributed by atoms with van der Waals surface area (Å²) >= 11 is 5.95. The van der Waals surface area contributed by atoms with Crippen LogP contribution in [0.5, 0.6) is 0 Å². The summed E-state index contributed by atoms with van der Waals surface area (Å²) in [5.74, 6) is -0.226. The Labute approximate surface area is 123 Å². The summed E-state index contributed by atoms with van der Waals surface area (Å²) in [5.41, 5.74) is 1.29. The topological polar surface area (TPSA) is 49.3 Å². The molecule has 2 rings (SSSR count). The van der Waals surface area contributed by atoms with Crippen molar-refractivity contribution in [2.75, 3.05) is 6.54 Å². The largest absolute Gasteiger partial charge is 0.388 e. The second-order valence-electron chi connectivity index (χ2n) is 4.45. The molecule has 2 aromatic carbocycles. The molecule has 0 radical (unpaired) electrons. The van der Waals surface area contributed by atoms with Gasteiger partial charge in [-0.05, 0) is 24.1 Å². The smallest absolute Gasteiger partial charge is 0.252 e. The van der Waals surface area contributed by atoms with Gasteiger partial charge in [0.1, 0.15) is 0 Å². The molecule has 0 fully saturated rings. The lowest BCUT2D eigenvalue weighted by Gasteiger charge is -2.12. The number of benzene rings is 2. The first-order valence-corrected chi connectivity index (χ1v) is 6.82. The molecule has 0 saturated heterocycles. The van der Waals surface area contributed by atoms with Crippen molar-refractivity contribution in [2.45, 2.75) is 12.5 Å². The predicted octanol–water partition coefficient (Wildman–Crippen LogP) is 3.19. The van der Waals surface area contributed by atoms with Crippen LogP contribution < -0.4 is 5.32 Å². The van der Waals surface area contributed by atoms with Gasteiger partial charge in [-0.15, -0.1) is 0 Å². The van der Waals surface area contributed by atoms with Gasteiger partial charge >= 0.3 is 0 Å². The number of rotatable bonds is 5. The Morgan fingerprint density at radius 2 is 1.75 bits per heavy atom. The molecule has 1 unspecified atom stereocenters. The number of amides is 1. The molecule has 0 aliphatic carbocycles. The molecule has 4 heteroatoms. The first-order chi connectivity index (χ1) is 9.68. The number of halogens is 1. The molecule has 0 spiro atoms. The van der Waals surface area contributed by atoms with Crippen LogP contribution >= 0.6 is 11.6 Å². The molecule has 104 valence electrons. The minimum Gasteiger partial charge on any atom is -0.388 e. The molecule has 3 nitrogen and oxygen atoms in total. The Balaban J connectivity index is 1.84. The van der Waals surface area contributed by atoms with Gasteiger partial charge in [0.2, 0.25) is 0 Å². The van der Waals surface area contributed by atoms with Crippen molar-refractivity contribution in [1.29, 1.82) is 0 Å². The SMILES string of the molecule is O=C(NCCC(O)c1ccccc1)c1ccccc1Cl. The number of carbonyl (C=O) groups excluding carboxylic acids is 1. The number of hydrogen-bond acceptors (Lipinski definition) is 2. The number of carbonyl (C=O) groups is 1. The van der Waals surface area contributed by atoms with Gasteiger partial charge in [-0.2, -0.15) is 0 Å². The second-order valence-corrected chi connectivity index (χ2v) is 4.86. The predicted molar refractivity (Wildman–Crippen MR) is 79.8 cm³/mol. The minimum atomic E-state index is -0.581. The van der Waals surface area contributed by atoms with E-state index in [9.17, 15) is 9.90 Å². The quantitative estimate of drug-likeness (QED) is 0.888. The maximum atomic E-state index is 11.9. The summed E-state index contributed by atoms with van der Waals surface area (Å²) < 4.78 is 0. The minimum absolute atomic E-state index is 0.226. The highest BCUT2D eigenvalue weighted by Gasteiger charge is 2.11. The lowest BCUT2D eigenvalue weighted by atomic mass is 10.1. The monoisotopic (exact) mass is 289 g/mol. The zero-order valence-electron chi connectivity index (χ0n) is 10.9. The summed E-state index contributed by atoms with van der Waals surface area (Å²) in [6, 6.07) is 16.3. The summed E-state index contributed by atoms with van der Waals surface area (Å²) in [5, 5.41) is 13.2. The Morgan fingerprint density at radius 3 is 2.45 bits per heavy atom. The van der Waals surface area contributed by atoms with Crippen LogP contribution in [0.4, 0.5) is 0 Å². The van der Waals surface area contributed by atoms with E-state index in [1.165, 1.54) is 0 Å². The van der Waals surface area contributed by atoms with Crippen molar-refractivity contribution >= 4 is 17.5 Å². The molecule has 0 saturated carbocycles. The van der Waals surface area contributed by atoms with E-state index in [0.717, 1.165) is 5.56 Å². The van der Waals surface area contributed by atoms with Crippen LogP contribution in [0.2, 0.25) is 5.02 Å². The fraction of sp³-hybridized carbons (Fsp3) is 0.188. The highest BCUT2D eigenvalue weighted by atomic mass is 35.5. The van der Waals surface area contributed by atoms with Crippen LogP contribution in [0.1, 0.15) is 28.4 Å². The lowest BCUT2D eigenvalue weighted by Crippen LogP contribution is -2.25. The van der Waals surface area contributed by atoms with Gasteiger partial charge in [-0.3, -0.25) is 4.79 Å².